The molecule has 0 bridgehead atoms. The minimum absolute atomic E-state index is 0.00273. The van der Waals surface area contributed by atoms with Crippen LogP contribution in [0.15, 0.2) is 47.0 Å². The van der Waals surface area contributed by atoms with E-state index in [1.54, 1.807) is 18.0 Å². The van der Waals surface area contributed by atoms with E-state index in [1.807, 2.05) is 41.3 Å². The fraction of sp³-hybridized carbons (Fsp3) is 0.357. The first-order valence-corrected chi connectivity index (χ1v) is 12.3. The van der Waals surface area contributed by atoms with Gasteiger partial charge in [-0.2, -0.15) is 0 Å². The summed E-state index contributed by atoms with van der Waals surface area (Å²) in [6.45, 7) is 6.04. The van der Waals surface area contributed by atoms with Gasteiger partial charge in [0.05, 0.1) is 12.2 Å². The first-order valence-electron chi connectivity index (χ1n) is 12.3. The molecule has 2 aromatic carbocycles. The zero-order valence-electron chi connectivity index (χ0n) is 21.3. The predicted molar refractivity (Wildman–Crippen MR) is 144 cm³/mol. The Hall–Kier alpha value is -3.78. The standard InChI is InChI=1S/C28H35N5O3/c1-4-10-33(11-5-2)28(36)23-13-21-8-6-20(14-25(21)31-26(29)15-23)19-7-9-22(18-34)24(12-19)16-32(3)17-27(30)35/h6-9,12-14,18H,4-5,10-11,15-17H2,1-3H3,(H2,29,31)(H2,30,35). The maximum Gasteiger partial charge on any atom is 0.250 e. The van der Waals surface area contributed by atoms with E-state index < -0.39 is 5.91 Å². The zero-order valence-corrected chi connectivity index (χ0v) is 21.3. The molecule has 1 aliphatic rings. The molecule has 0 radical (unpaired) electrons. The molecule has 1 heterocycles. The number of carbonyl (C=O) groups excluding carboxylic acids is 3. The molecule has 0 saturated carbocycles. The molecule has 190 valence electrons. The quantitative estimate of drug-likeness (QED) is 0.468. The number of hydrogen-bond acceptors (Lipinski definition) is 6. The van der Waals surface area contributed by atoms with Gasteiger partial charge >= 0.3 is 0 Å². The molecule has 8 nitrogen and oxygen atoms in total. The fourth-order valence-electron chi connectivity index (χ4n) is 4.42. The largest absolute Gasteiger partial charge is 0.387 e. The average Bonchev–Trinajstić information content (AvgIpc) is 3.00. The highest BCUT2D eigenvalue weighted by atomic mass is 16.2. The molecule has 0 spiro atoms. The summed E-state index contributed by atoms with van der Waals surface area (Å²) in [5, 5.41) is 0. The third kappa shape index (κ3) is 6.66. The first kappa shape index (κ1) is 26.8. The Labute approximate surface area is 212 Å². The van der Waals surface area contributed by atoms with Gasteiger partial charge in [-0.25, -0.2) is 4.99 Å². The summed E-state index contributed by atoms with van der Waals surface area (Å²) >= 11 is 0. The van der Waals surface area contributed by atoms with Gasteiger partial charge in [0.15, 0.2) is 0 Å². The van der Waals surface area contributed by atoms with E-state index in [0.717, 1.165) is 41.4 Å². The third-order valence-corrected chi connectivity index (χ3v) is 6.01. The fourth-order valence-corrected chi connectivity index (χ4v) is 4.42. The van der Waals surface area contributed by atoms with E-state index in [4.69, 9.17) is 11.5 Å². The number of aliphatic imine (C=N–C) groups is 1. The molecule has 1 aliphatic heterocycles. The van der Waals surface area contributed by atoms with Gasteiger partial charge in [0.25, 0.3) is 0 Å². The summed E-state index contributed by atoms with van der Waals surface area (Å²) in [4.78, 5) is 44.3. The lowest BCUT2D eigenvalue weighted by molar-refractivity contribution is -0.127. The van der Waals surface area contributed by atoms with Crippen LogP contribution in [0.25, 0.3) is 17.2 Å². The van der Waals surface area contributed by atoms with Gasteiger partial charge in [-0.3, -0.25) is 19.3 Å². The maximum absolute atomic E-state index is 13.2. The van der Waals surface area contributed by atoms with Crippen molar-refractivity contribution in [1.82, 2.24) is 9.80 Å². The van der Waals surface area contributed by atoms with Crippen LogP contribution < -0.4 is 11.5 Å². The number of rotatable bonds is 11. The number of primary amides is 1. The van der Waals surface area contributed by atoms with E-state index in [2.05, 4.69) is 18.8 Å². The Morgan fingerprint density at radius 1 is 1.06 bits per heavy atom. The lowest BCUT2D eigenvalue weighted by Gasteiger charge is -2.22. The number of amides is 2. The predicted octanol–water partition coefficient (Wildman–Crippen LogP) is 3.51. The molecule has 0 fully saturated rings. The Bertz CT molecular complexity index is 1200. The van der Waals surface area contributed by atoms with Crippen molar-refractivity contribution in [2.24, 2.45) is 16.5 Å². The lowest BCUT2D eigenvalue weighted by Crippen LogP contribution is -2.34. The van der Waals surface area contributed by atoms with Gasteiger partial charge < -0.3 is 16.4 Å². The molecule has 0 aromatic heterocycles. The maximum atomic E-state index is 13.2. The second-order valence-electron chi connectivity index (χ2n) is 9.19. The Morgan fingerprint density at radius 2 is 1.72 bits per heavy atom. The SMILES string of the molecule is CCCN(CCC)C(=O)C1=Cc2ccc(-c3ccc(C=O)c(CN(C)CC(N)=O)c3)cc2N=C(N)C1. The van der Waals surface area contributed by atoms with Gasteiger partial charge in [0.1, 0.15) is 12.1 Å². The van der Waals surface area contributed by atoms with Crippen LogP contribution >= 0.6 is 0 Å². The lowest BCUT2D eigenvalue weighted by atomic mass is 9.97. The highest BCUT2D eigenvalue weighted by molar-refractivity contribution is 6.05. The molecule has 4 N–H and O–H groups in total. The molecule has 0 unspecified atom stereocenters. The average molecular weight is 490 g/mol. The zero-order chi connectivity index (χ0) is 26.2. The summed E-state index contributed by atoms with van der Waals surface area (Å²) in [6.07, 6.45) is 4.79. The molecule has 3 rings (SSSR count). The first-order chi connectivity index (χ1) is 17.2. The van der Waals surface area contributed by atoms with Crippen molar-refractivity contribution in [2.75, 3.05) is 26.7 Å². The Kier molecular flexibility index (Phi) is 9.13. The summed E-state index contributed by atoms with van der Waals surface area (Å²) < 4.78 is 0. The van der Waals surface area contributed by atoms with Crippen LogP contribution in [0.3, 0.4) is 0 Å². The molecule has 0 saturated heterocycles. The van der Waals surface area contributed by atoms with Crippen LogP contribution in [0.4, 0.5) is 5.69 Å². The molecule has 0 atom stereocenters. The third-order valence-electron chi connectivity index (χ3n) is 6.01. The minimum atomic E-state index is -0.430. The number of fused-ring (bicyclic) bond motifs is 1. The molecular formula is C28H35N5O3. The second kappa shape index (κ2) is 12.3. The number of nitrogens with two attached hydrogens (primary N) is 2. The number of amidine groups is 1. The van der Waals surface area contributed by atoms with Crippen LogP contribution in [0.1, 0.15) is 54.6 Å². The molecule has 2 aromatic rings. The second-order valence-corrected chi connectivity index (χ2v) is 9.19. The number of hydrogen-bond donors (Lipinski definition) is 2. The van der Waals surface area contributed by atoms with Crippen LogP contribution in [0.5, 0.6) is 0 Å². The van der Waals surface area contributed by atoms with E-state index in [-0.39, 0.29) is 12.5 Å². The number of nitrogens with zero attached hydrogens (tertiary/aromatic N) is 3. The van der Waals surface area contributed by atoms with E-state index in [1.165, 1.54) is 0 Å². The van der Waals surface area contributed by atoms with Crippen molar-refractivity contribution in [3.05, 3.63) is 58.7 Å². The van der Waals surface area contributed by atoms with Gasteiger partial charge in [-0.05, 0) is 54.8 Å². The number of aldehydes is 1. The van der Waals surface area contributed by atoms with Crippen LogP contribution in [-0.2, 0) is 16.1 Å². The Balaban J connectivity index is 1.96. The van der Waals surface area contributed by atoms with Crippen molar-refractivity contribution in [3.63, 3.8) is 0 Å². The molecular weight excluding hydrogens is 454 g/mol. The highest BCUT2D eigenvalue weighted by Crippen LogP contribution is 2.33. The van der Waals surface area contributed by atoms with E-state index in [9.17, 15) is 14.4 Å². The van der Waals surface area contributed by atoms with Gasteiger partial charge in [0.2, 0.25) is 11.8 Å². The van der Waals surface area contributed by atoms with Crippen molar-refractivity contribution in [1.29, 1.82) is 0 Å². The Morgan fingerprint density at radius 3 is 2.36 bits per heavy atom. The summed E-state index contributed by atoms with van der Waals surface area (Å²) in [5.41, 5.74) is 16.9. The molecule has 2 amide bonds. The normalized spacial score (nSPS) is 12.9. The minimum Gasteiger partial charge on any atom is -0.387 e. The van der Waals surface area contributed by atoms with Crippen LogP contribution in [0, 0.1) is 0 Å². The number of carbonyl (C=O) groups is 3. The summed E-state index contributed by atoms with van der Waals surface area (Å²) in [7, 11) is 1.78. The van der Waals surface area contributed by atoms with Gasteiger partial charge in [-0.15, -0.1) is 0 Å². The van der Waals surface area contributed by atoms with Crippen molar-refractivity contribution in [3.8, 4) is 11.1 Å². The van der Waals surface area contributed by atoms with Gasteiger partial charge in [0, 0.05) is 42.8 Å². The number of likely N-dealkylation sites (N-methyl/N-ethyl adjacent to an activating group) is 1. The molecule has 0 aliphatic carbocycles. The van der Waals surface area contributed by atoms with Crippen molar-refractivity contribution in [2.45, 2.75) is 39.7 Å². The summed E-state index contributed by atoms with van der Waals surface area (Å²) in [6, 6.07) is 11.4. The molecule has 8 heteroatoms. The van der Waals surface area contributed by atoms with Crippen molar-refractivity contribution < 1.29 is 14.4 Å². The van der Waals surface area contributed by atoms with Gasteiger partial charge in [-0.1, -0.05) is 38.1 Å². The van der Waals surface area contributed by atoms with Crippen molar-refractivity contribution >= 4 is 35.7 Å². The molecule has 36 heavy (non-hydrogen) atoms. The van der Waals surface area contributed by atoms with E-state index in [0.29, 0.717) is 48.7 Å². The topological polar surface area (TPSA) is 122 Å². The summed E-state index contributed by atoms with van der Waals surface area (Å²) in [5.74, 6) is -0.0348. The van der Waals surface area contributed by atoms with Crippen LogP contribution in [-0.4, -0.2) is 60.4 Å². The monoisotopic (exact) mass is 489 g/mol. The van der Waals surface area contributed by atoms with E-state index >= 15 is 0 Å². The number of benzene rings is 2. The smallest absolute Gasteiger partial charge is 0.250 e. The highest BCUT2D eigenvalue weighted by Gasteiger charge is 2.21. The van der Waals surface area contributed by atoms with Crippen LogP contribution in [0.2, 0.25) is 0 Å².